The molecule has 36 heavy (non-hydrogen) atoms. The summed E-state index contributed by atoms with van der Waals surface area (Å²) in [4.78, 5) is 26.1. The van der Waals surface area contributed by atoms with Crippen LogP contribution in [0, 0.1) is 0 Å². The highest BCUT2D eigenvalue weighted by Crippen LogP contribution is 2.33. The van der Waals surface area contributed by atoms with Crippen molar-refractivity contribution in [1.82, 2.24) is 19.9 Å². The molecule has 5 aromatic rings. The number of nitrogen functional groups attached to an aromatic ring is 1. The van der Waals surface area contributed by atoms with Crippen molar-refractivity contribution in [2.24, 2.45) is 0 Å². The van der Waals surface area contributed by atoms with E-state index in [2.05, 4.69) is 45.3 Å². The molecule has 0 radical (unpaired) electrons. The number of hydrogen-bond donors (Lipinski definition) is 3. The summed E-state index contributed by atoms with van der Waals surface area (Å²) in [5.74, 6) is 0.788. The van der Waals surface area contributed by atoms with Gasteiger partial charge in [0.05, 0.1) is 17.9 Å². The zero-order valence-corrected chi connectivity index (χ0v) is 19.8. The maximum Gasteiger partial charge on any atom is 0.410 e. The number of hydrogen-bond acceptors (Lipinski definition) is 4. The summed E-state index contributed by atoms with van der Waals surface area (Å²) >= 11 is 0. The summed E-state index contributed by atoms with van der Waals surface area (Å²) in [6.07, 6.45) is 3.31. The molecule has 4 N–H and O–H groups in total. The van der Waals surface area contributed by atoms with Gasteiger partial charge >= 0.3 is 6.09 Å². The quantitative estimate of drug-likeness (QED) is 0.259. The third-order valence-electron chi connectivity index (χ3n) is 6.76. The van der Waals surface area contributed by atoms with Gasteiger partial charge in [0.2, 0.25) is 0 Å². The van der Waals surface area contributed by atoms with Crippen LogP contribution in [0.5, 0.6) is 0 Å². The number of likely N-dealkylation sites (tertiary alicyclic amines) is 1. The Morgan fingerprint density at radius 1 is 0.972 bits per heavy atom. The number of aromatic nitrogens is 3. The van der Waals surface area contributed by atoms with Crippen molar-refractivity contribution in [3.8, 4) is 22.5 Å². The fraction of sp³-hybridized carbons (Fsp3) is 0.172. The number of ether oxygens (including phenoxy) is 1. The molecule has 1 saturated heterocycles. The van der Waals surface area contributed by atoms with Crippen LogP contribution in [0.1, 0.15) is 30.3 Å². The normalized spacial score (nSPS) is 15.4. The Morgan fingerprint density at radius 3 is 2.56 bits per heavy atom. The summed E-state index contributed by atoms with van der Waals surface area (Å²) in [5, 5.41) is 1.09. The minimum Gasteiger partial charge on any atom is -0.445 e. The van der Waals surface area contributed by atoms with Crippen LogP contribution in [0.15, 0.2) is 85.1 Å². The Labute approximate surface area is 208 Å². The van der Waals surface area contributed by atoms with Gasteiger partial charge in [0.25, 0.3) is 0 Å². The van der Waals surface area contributed by atoms with Crippen LogP contribution in [-0.4, -0.2) is 32.5 Å². The largest absolute Gasteiger partial charge is 0.445 e. The molecule has 2 aromatic heterocycles. The van der Waals surface area contributed by atoms with Gasteiger partial charge in [0, 0.05) is 28.8 Å². The molecule has 0 spiro atoms. The number of fused-ring (bicyclic) bond motifs is 1. The number of carbonyl (C=O) groups excluding carboxylic acids is 1. The van der Waals surface area contributed by atoms with Crippen LogP contribution < -0.4 is 5.73 Å². The van der Waals surface area contributed by atoms with Crippen molar-refractivity contribution in [1.29, 1.82) is 0 Å². The van der Waals surface area contributed by atoms with Crippen molar-refractivity contribution >= 4 is 22.7 Å². The molecule has 0 saturated carbocycles. The number of H-pyrrole nitrogens is 2. The molecule has 3 heterocycles. The number of amides is 1. The third-order valence-corrected chi connectivity index (χ3v) is 6.76. The zero-order valence-electron chi connectivity index (χ0n) is 19.8. The monoisotopic (exact) mass is 477 g/mol. The summed E-state index contributed by atoms with van der Waals surface area (Å²) < 4.78 is 5.57. The lowest BCUT2D eigenvalue weighted by atomic mass is 10.1. The van der Waals surface area contributed by atoms with E-state index >= 15 is 0 Å². The Morgan fingerprint density at radius 2 is 1.75 bits per heavy atom. The lowest BCUT2D eigenvalue weighted by molar-refractivity contribution is 0.0910. The average Bonchev–Trinajstić information content (AvgIpc) is 3.67. The van der Waals surface area contributed by atoms with Gasteiger partial charge in [0.1, 0.15) is 12.4 Å². The van der Waals surface area contributed by atoms with Crippen LogP contribution in [-0.2, 0) is 11.3 Å². The summed E-state index contributed by atoms with van der Waals surface area (Å²) in [5.41, 5.74) is 12.8. The molecule has 180 valence electrons. The number of carbonyl (C=O) groups is 1. The highest BCUT2D eigenvalue weighted by atomic mass is 16.6. The van der Waals surface area contributed by atoms with E-state index in [9.17, 15) is 4.79 Å². The second-order valence-corrected chi connectivity index (χ2v) is 9.18. The number of nitrogens with two attached hydrogens (primary N) is 1. The van der Waals surface area contributed by atoms with Crippen LogP contribution in [0.3, 0.4) is 0 Å². The highest BCUT2D eigenvalue weighted by Gasteiger charge is 2.33. The van der Waals surface area contributed by atoms with Crippen molar-refractivity contribution in [2.75, 3.05) is 12.3 Å². The number of rotatable bonds is 5. The highest BCUT2D eigenvalue weighted by molar-refractivity contribution is 5.88. The van der Waals surface area contributed by atoms with Gasteiger partial charge in [-0.3, -0.25) is 4.90 Å². The first kappa shape index (κ1) is 22.0. The summed E-state index contributed by atoms with van der Waals surface area (Å²) in [6.45, 7) is 0.932. The maximum absolute atomic E-state index is 12.8. The fourth-order valence-electron chi connectivity index (χ4n) is 4.86. The van der Waals surface area contributed by atoms with E-state index in [1.54, 1.807) is 4.90 Å². The molecule has 1 aliphatic rings. The number of benzene rings is 3. The van der Waals surface area contributed by atoms with Crippen LogP contribution in [0.4, 0.5) is 10.5 Å². The van der Waals surface area contributed by atoms with Crippen LogP contribution >= 0.6 is 0 Å². The molecule has 1 atom stereocenters. The van der Waals surface area contributed by atoms with Gasteiger partial charge in [-0.15, -0.1) is 0 Å². The van der Waals surface area contributed by atoms with Gasteiger partial charge in [-0.05, 0) is 53.8 Å². The summed E-state index contributed by atoms with van der Waals surface area (Å²) in [7, 11) is 0. The lowest BCUT2D eigenvalue weighted by Gasteiger charge is -2.22. The molecule has 1 aliphatic heterocycles. The number of aromatic amines is 2. The van der Waals surface area contributed by atoms with Gasteiger partial charge in [-0.25, -0.2) is 9.78 Å². The minimum atomic E-state index is -0.302. The van der Waals surface area contributed by atoms with E-state index in [0.29, 0.717) is 6.54 Å². The second kappa shape index (κ2) is 9.26. The molecule has 6 rings (SSSR count). The fourth-order valence-corrected chi connectivity index (χ4v) is 4.86. The second-order valence-electron chi connectivity index (χ2n) is 9.18. The first-order valence-electron chi connectivity index (χ1n) is 12.2. The standard InChI is InChI=1S/C29H27N5O2/c30-23-12-13-24-22(15-23)16-25(32-24)20-8-10-21(11-9-20)26-17-31-28(33-26)27-7-4-14-34(27)29(35)36-18-19-5-2-1-3-6-19/h1-3,5-6,8-13,15-17,27,32H,4,7,14,18,30H2,(H,31,33)/t27-/m0/s1. The SMILES string of the molecule is Nc1ccc2[nH]c(-c3ccc(-c4cnc([C@@H]5CCCN5C(=O)OCc5ccccc5)[nH]4)cc3)cc2c1. The molecular weight excluding hydrogens is 450 g/mol. The Kier molecular flexibility index (Phi) is 5.65. The Hall–Kier alpha value is -4.52. The number of nitrogens with one attached hydrogen (secondary N) is 2. The molecule has 1 fully saturated rings. The molecular formula is C29H27N5O2. The number of nitrogens with zero attached hydrogens (tertiary/aromatic N) is 2. The molecule has 0 aliphatic carbocycles. The minimum absolute atomic E-state index is 0.111. The molecule has 0 bridgehead atoms. The van der Waals surface area contributed by atoms with E-state index in [4.69, 9.17) is 10.5 Å². The molecule has 7 nitrogen and oxygen atoms in total. The van der Waals surface area contributed by atoms with E-state index < -0.39 is 0 Å². The smallest absolute Gasteiger partial charge is 0.410 e. The van der Waals surface area contributed by atoms with Gasteiger partial charge in [-0.2, -0.15) is 0 Å². The van der Waals surface area contributed by atoms with E-state index in [1.165, 1.54) is 0 Å². The topological polar surface area (TPSA) is 100 Å². The van der Waals surface area contributed by atoms with E-state index in [1.807, 2.05) is 54.7 Å². The molecule has 3 aromatic carbocycles. The zero-order chi connectivity index (χ0) is 24.5. The van der Waals surface area contributed by atoms with Gasteiger partial charge in [0.15, 0.2) is 0 Å². The van der Waals surface area contributed by atoms with Gasteiger partial charge < -0.3 is 20.4 Å². The molecule has 7 heteroatoms. The van der Waals surface area contributed by atoms with Crippen molar-refractivity contribution < 1.29 is 9.53 Å². The van der Waals surface area contributed by atoms with E-state index in [-0.39, 0.29) is 18.7 Å². The predicted molar refractivity (Wildman–Crippen MR) is 141 cm³/mol. The lowest BCUT2D eigenvalue weighted by Crippen LogP contribution is -2.31. The maximum atomic E-state index is 12.8. The molecule has 1 amide bonds. The number of anilines is 1. The van der Waals surface area contributed by atoms with Gasteiger partial charge in [-0.1, -0.05) is 54.6 Å². The number of imidazole rings is 1. The average molecular weight is 478 g/mol. The van der Waals surface area contributed by atoms with Crippen LogP contribution in [0.25, 0.3) is 33.4 Å². The van der Waals surface area contributed by atoms with Crippen molar-refractivity contribution in [3.05, 3.63) is 96.4 Å². The predicted octanol–water partition coefficient (Wildman–Crippen LogP) is 6.28. The molecule has 0 unspecified atom stereocenters. The van der Waals surface area contributed by atoms with Crippen molar-refractivity contribution in [2.45, 2.75) is 25.5 Å². The Balaban J connectivity index is 1.16. The first-order valence-corrected chi connectivity index (χ1v) is 12.2. The first-order chi connectivity index (χ1) is 17.6. The third kappa shape index (κ3) is 4.31. The van der Waals surface area contributed by atoms with Crippen LogP contribution in [0.2, 0.25) is 0 Å². The summed E-state index contributed by atoms with van der Waals surface area (Å²) in [6, 6.07) is 25.9. The Bertz CT molecular complexity index is 1500. The van der Waals surface area contributed by atoms with E-state index in [0.717, 1.165) is 63.3 Å². The van der Waals surface area contributed by atoms with Crippen molar-refractivity contribution in [3.63, 3.8) is 0 Å².